The van der Waals surface area contributed by atoms with E-state index in [0.29, 0.717) is 5.41 Å². The maximum Gasteiger partial charge on any atom is 0.245 e. The van der Waals surface area contributed by atoms with E-state index in [-0.39, 0.29) is 0 Å². The minimum atomic E-state index is 0.569. The molecule has 0 N–H and O–H groups in total. The van der Waals surface area contributed by atoms with Gasteiger partial charge in [-0.2, -0.15) is 0 Å². The van der Waals surface area contributed by atoms with Crippen molar-refractivity contribution < 1.29 is 0 Å². The number of piperidine rings is 1. The van der Waals surface area contributed by atoms with E-state index < -0.39 is 0 Å². The Morgan fingerprint density at radius 3 is 2.75 bits per heavy atom. The third-order valence-electron chi connectivity index (χ3n) is 8.38. The maximum absolute atomic E-state index is 4.46. The lowest BCUT2D eigenvalue weighted by molar-refractivity contribution is 0.353. The Morgan fingerprint density at radius 1 is 1.11 bits per heavy atom. The molecule has 148 valence electrons. The van der Waals surface area contributed by atoms with E-state index in [0.717, 1.165) is 49.3 Å². The third-order valence-corrected chi connectivity index (χ3v) is 8.38. The van der Waals surface area contributed by atoms with Crippen LogP contribution in [-0.4, -0.2) is 33.3 Å². The average molecular weight is 378 g/mol. The lowest BCUT2D eigenvalue weighted by Crippen LogP contribution is -2.37. The van der Waals surface area contributed by atoms with Crippen LogP contribution in [-0.2, 0) is 13.0 Å². The minimum absolute atomic E-state index is 0.569. The molecular formula is C23H31N5. The van der Waals surface area contributed by atoms with Crippen molar-refractivity contribution in [1.29, 1.82) is 0 Å². The van der Waals surface area contributed by atoms with Gasteiger partial charge in [-0.3, -0.25) is 0 Å². The van der Waals surface area contributed by atoms with Gasteiger partial charge in [-0.25, -0.2) is 4.68 Å². The molecule has 5 heteroatoms. The second kappa shape index (κ2) is 6.57. The summed E-state index contributed by atoms with van der Waals surface area (Å²) < 4.78 is 2.16. The zero-order valence-electron chi connectivity index (χ0n) is 16.7. The molecule has 5 fully saturated rings. The van der Waals surface area contributed by atoms with E-state index in [1.54, 1.807) is 0 Å². The van der Waals surface area contributed by atoms with Crippen LogP contribution in [0.2, 0.25) is 0 Å². The summed E-state index contributed by atoms with van der Waals surface area (Å²) in [5, 5.41) is 13.0. The van der Waals surface area contributed by atoms with Crippen molar-refractivity contribution in [3.8, 4) is 0 Å². The summed E-state index contributed by atoms with van der Waals surface area (Å²) in [6.45, 7) is 3.30. The zero-order chi connectivity index (χ0) is 18.6. The van der Waals surface area contributed by atoms with Gasteiger partial charge in [0.1, 0.15) is 0 Å². The van der Waals surface area contributed by atoms with E-state index in [1.807, 2.05) is 0 Å². The highest BCUT2D eigenvalue weighted by Gasteiger charge is 2.74. The fourth-order valence-corrected chi connectivity index (χ4v) is 7.12. The van der Waals surface area contributed by atoms with Crippen LogP contribution in [0.15, 0.2) is 30.3 Å². The van der Waals surface area contributed by atoms with Gasteiger partial charge in [0.25, 0.3) is 0 Å². The lowest BCUT2D eigenvalue weighted by atomic mass is 9.92. The fourth-order valence-electron chi connectivity index (χ4n) is 7.12. The molecule has 7 rings (SSSR count). The SMILES string of the molecule is c1ccc(CCCC2CCCN(c3nnnn3CC34CC5CC3C4C5)C2)cc1. The monoisotopic (exact) mass is 377 g/mol. The molecule has 1 saturated heterocycles. The Kier molecular flexibility index (Phi) is 3.98. The van der Waals surface area contributed by atoms with Crippen molar-refractivity contribution >= 4 is 5.95 Å². The first-order chi connectivity index (χ1) is 13.8. The second-order valence-corrected chi connectivity index (χ2v) is 9.96. The van der Waals surface area contributed by atoms with E-state index >= 15 is 0 Å². The Labute approximate surface area is 167 Å². The highest BCUT2D eigenvalue weighted by atomic mass is 15.6. The van der Waals surface area contributed by atoms with Crippen molar-refractivity contribution in [2.45, 2.75) is 57.9 Å². The average Bonchev–Trinajstić information content (AvgIpc) is 3.32. The summed E-state index contributed by atoms with van der Waals surface area (Å²) in [7, 11) is 0. The van der Waals surface area contributed by atoms with E-state index in [4.69, 9.17) is 0 Å². The molecular weight excluding hydrogens is 346 g/mol. The molecule has 5 nitrogen and oxygen atoms in total. The van der Waals surface area contributed by atoms with Crippen LogP contribution < -0.4 is 4.90 Å². The number of aryl methyl sites for hydroxylation is 1. The van der Waals surface area contributed by atoms with Crippen molar-refractivity contribution in [3.63, 3.8) is 0 Å². The van der Waals surface area contributed by atoms with Gasteiger partial charge in [0.2, 0.25) is 5.95 Å². The number of nitrogens with zero attached hydrogens (tertiary/aromatic N) is 5. The van der Waals surface area contributed by atoms with Crippen LogP contribution in [0.4, 0.5) is 5.95 Å². The Bertz CT molecular complexity index is 819. The number of anilines is 1. The molecule has 4 saturated carbocycles. The molecule has 2 heterocycles. The molecule has 1 aliphatic heterocycles. The summed E-state index contributed by atoms with van der Waals surface area (Å²) in [5.74, 6) is 4.80. The first kappa shape index (κ1) is 17.0. The summed E-state index contributed by atoms with van der Waals surface area (Å²) in [4.78, 5) is 2.48. The summed E-state index contributed by atoms with van der Waals surface area (Å²) >= 11 is 0. The highest BCUT2D eigenvalue weighted by Crippen LogP contribution is 2.79. The molecule has 0 spiro atoms. The van der Waals surface area contributed by atoms with Crippen LogP contribution in [0.1, 0.15) is 50.5 Å². The molecule has 0 amide bonds. The third kappa shape index (κ3) is 2.77. The molecule has 1 aromatic carbocycles. The van der Waals surface area contributed by atoms with Crippen molar-refractivity contribution in [2.24, 2.45) is 29.1 Å². The van der Waals surface area contributed by atoms with Gasteiger partial charge in [-0.1, -0.05) is 35.4 Å². The lowest BCUT2D eigenvalue weighted by Gasteiger charge is -2.33. The zero-order valence-corrected chi connectivity index (χ0v) is 16.7. The molecule has 0 radical (unpaired) electrons. The number of aromatic nitrogens is 4. The smallest absolute Gasteiger partial charge is 0.245 e. The van der Waals surface area contributed by atoms with E-state index in [2.05, 4.69) is 55.4 Å². The molecule has 3 unspecified atom stereocenters. The van der Waals surface area contributed by atoms with Gasteiger partial charge in [0.15, 0.2) is 0 Å². The summed E-state index contributed by atoms with van der Waals surface area (Å²) in [6, 6.07) is 10.9. The van der Waals surface area contributed by atoms with Crippen LogP contribution in [0, 0.1) is 29.1 Å². The number of hydrogen-bond donors (Lipinski definition) is 0. The first-order valence-electron chi connectivity index (χ1n) is 11.4. The Balaban J connectivity index is 1.07. The van der Waals surface area contributed by atoms with Crippen LogP contribution in [0.5, 0.6) is 0 Å². The van der Waals surface area contributed by atoms with Gasteiger partial charge in [-0.15, -0.1) is 0 Å². The Morgan fingerprint density at radius 2 is 1.96 bits per heavy atom. The predicted molar refractivity (Wildman–Crippen MR) is 109 cm³/mol. The fraction of sp³-hybridized carbons (Fsp3) is 0.696. The maximum atomic E-state index is 4.46. The summed E-state index contributed by atoms with van der Waals surface area (Å²) in [5.41, 5.74) is 2.03. The molecule has 5 aliphatic rings. The number of hydrogen-bond acceptors (Lipinski definition) is 4. The molecule has 4 aliphatic carbocycles. The number of rotatable bonds is 7. The second-order valence-electron chi connectivity index (χ2n) is 9.96. The predicted octanol–water partition coefficient (Wildman–Crippen LogP) is 3.96. The minimum Gasteiger partial charge on any atom is -0.339 e. The van der Waals surface area contributed by atoms with Crippen molar-refractivity contribution in [3.05, 3.63) is 35.9 Å². The van der Waals surface area contributed by atoms with Gasteiger partial charge in [0, 0.05) is 13.1 Å². The highest BCUT2D eigenvalue weighted by molar-refractivity contribution is 5.31. The van der Waals surface area contributed by atoms with E-state index in [1.165, 1.54) is 56.9 Å². The van der Waals surface area contributed by atoms with Crippen LogP contribution in [0.3, 0.4) is 0 Å². The van der Waals surface area contributed by atoms with Crippen LogP contribution in [0.25, 0.3) is 0 Å². The first-order valence-corrected chi connectivity index (χ1v) is 11.4. The Hall–Kier alpha value is -1.91. The number of benzene rings is 1. The standard InChI is InChI=1S/C23H31N5/c1-2-6-17(7-3-1)8-4-9-18-10-5-11-27(15-18)22-24-25-26-28(22)16-23-14-19-12-20(23)21(23)13-19/h1-3,6-7,18-21H,4-5,8-16H2. The van der Waals surface area contributed by atoms with Crippen LogP contribution >= 0.6 is 0 Å². The molecule has 28 heavy (non-hydrogen) atoms. The van der Waals surface area contributed by atoms with E-state index in [9.17, 15) is 0 Å². The van der Waals surface area contributed by atoms with Gasteiger partial charge >= 0.3 is 0 Å². The van der Waals surface area contributed by atoms with Gasteiger partial charge in [0.05, 0.1) is 6.54 Å². The largest absolute Gasteiger partial charge is 0.339 e. The normalized spacial score (nSPS) is 35.5. The topological polar surface area (TPSA) is 46.8 Å². The van der Waals surface area contributed by atoms with Gasteiger partial charge < -0.3 is 4.90 Å². The van der Waals surface area contributed by atoms with Crippen molar-refractivity contribution in [1.82, 2.24) is 20.2 Å². The molecule has 4 bridgehead atoms. The number of tetrazole rings is 1. The molecule has 3 atom stereocenters. The van der Waals surface area contributed by atoms with Crippen molar-refractivity contribution in [2.75, 3.05) is 18.0 Å². The summed E-state index contributed by atoms with van der Waals surface area (Å²) in [6.07, 6.45) is 10.8. The van der Waals surface area contributed by atoms with Gasteiger partial charge in [-0.05, 0) is 96.4 Å². The quantitative estimate of drug-likeness (QED) is 0.733. The molecule has 1 aromatic heterocycles. The molecule has 2 aromatic rings.